The molecule has 10 nitrogen and oxygen atoms in total. The number of rotatable bonds is 5. The quantitative estimate of drug-likeness (QED) is 0.255. The molecule has 0 saturated carbocycles. The third kappa shape index (κ3) is 4.36. The maximum Gasteiger partial charge on any atom is 0.338 e. The van der Waals surface area contributed by atoms with Crippen LogP contribution in [0.4, 0.5) is 5.69 Å². The molecule has 0 radical (unpaired) electrons. The van der Waals surface area contributed by atoms with Gasteiger partial charge < -0.3 is 14.2 Å². The van der Waals surface area contributed by atoms with Crippen molar-refractivity contribution in [2.24, 2.45) is 4.99 Å². The number of carbonyl (C=O) groups excluding carboxylic acids is 1. The molecule has 1 aromatic heterocycles. The normalized spacial score (nSPS) is 16.4. The van der Waals surface area contributed by atoms with Crippen molar-refractivity contribution in [2.75, 3.05) is 13.4 Å². The van der Waals surface area contributed by atoms with E-state index in [1.165, 1.54) is 10.6 Å². The van der Waals surface area contributed by atoms with Gasteiger partial charge in [0.05, 0.1) is 33.4 Å². The standard InChI is InChI=1S/C25H20BrN3O7S/c1-4-34-24(31)21-13(3)27-25-28(22(21)14-6-5-12(2)17(7-14)29(32)33)23(30)20(37-25)9-15-8-18-19(10-16(15)26)36-11-35-18/h5-10,22H,4,11H2,1-3H3/b20-9+/t22-/m0/s1. The first kappa shape index (κ1) is 24.9. The van der Waals surface area contributed by atoms with E-state index in [0.717, 1.165) is 11.3 Å². The van der Waals surface area contributed by atoms with Crippen molar-refractivity contribution in [2.45, 2.75) is 26.8 Å². The van der Waals surface area contributed by atoms with Crippen LogP contribution in [0.25, 0.3) is 6.08 Å². The van der Waals surface area contributed by atoms with Crippen molar-refractivity contribution in [1.82, 2.24) is 4.57 Å². The Morgan fingerprint density at radius 1 is 1.30 bits per heavy atom. The van der Waals surface area contributed by atoms with Crippen molar-refractivity contribution < 1.29 is 23.9 Å². The molecule has 5 rings (SSSR count). The highest BCUT2D eigenvalue weighted by molar-refractivity contribution is 9.10. The fraction of sp³-hybridized carbons (Fsp3) is 0.240. The number of allylic oxidation sites excluding steroid dienone is 1. The molecule has 37 heavy (non-hydrogen) atoms. The highest BCUT2D eigenvalue weighted by Crippen LogP contribution is 2.37. The van der Waals surface area contributed by atoms with E-state index in [4.69, 9.17) is 14.2 Å². The lowest BCUT2D eigenvalue weighted by Crippen LogP contribution is -2.40. The number of benzene rings is 2. The van der Waals surface area contributed by atoms with Crippen LogP contribution in [0.1, 0.15) is 36.6 Å². The Hall–Kier alpha value is -3.77. The largest absolute Gasteiger partial charge is 0.463 e. The summed E-state index contributed by atoms with van der Waals surface area (Å²) in [6.07, 6.45) is 1.70. The number of esters is 1. The topological polar surface area (TPSA) is 122 Å². The Kier molecular flexibility index (Phi) is 6.46. The van der Waals surface area contributed by atoms with Crippen LogP contribution in [0.2, 0.25) is 0 Å². The number of aryl methyl sites for hydroxylation is 1. The van der Waals surface area contributed by atoms with Gasteiger partial charge in [0.25, 0.3) is 11.2 Å². The number of fused-ring (bicyclic) bond motifs is 2. The number of nitro benzene ring substituents is 1. The number of carbonyl (C=O) groups is 1. The number of halogens is 1. The van der Waals surface area contributed by atoms with Gasteiger partial charge in [-0.15, -0.1) is 0 Å². The molecule has 0 amide bonds. The number of hydrogen-bond donors (Lipinski definition) is 0. The first-order valence-corrected chi connectivity index (χ1v) is 12.8. The number of ether oxygens (including phenoxy) is 3. The Labute approximate surface area is 222 Å². The molecule has 190 valence electrons. The van der Waals surface area contributed by atoms with Crippen molar-refractivity contribution in [3.8, 4) is 11.5 Å². The van der Waals surface area contributed by atoms with Crippen LogP contribution in [0.15, 0.2) is 55.9 Å². The zero-order chi connectivity index (χ0) is 26.4. The first-order valence-electron chi connectivity index (χ1n) is 11.2. The van der Waals surface area contributed by atoms with Crippen LogP contribution >= 0.6 is 27.3 Å². The van der Waals surface area contributed by atoms with Crippen molar-refractivity contribution in [1.29, 1.82) is 0 Å². The highest BCUT2D eigenvalue weighted by Gasteiger charge is 2.34. The minimum Gasteiger partial charge on any atom is -0.463 e. The van der Waals surface area contributed by atoms with Crippen molar-refractivity contribution in [3.63, 3.8) is 0 Å². The maximum absolute atomic E-state index is 13.8. The van der Waals surface area contributed by atoms with Gasteiger partial charge in [-0.05, 0) is 50.1 Å². The van der Waals surface area contributed by atoms with Crippen molar-refractivity contribution in [3.05, 3.63) is 92.6 Å². The van der Waals surface area contributed by atoms with Gasteiger partial charge >= 0.3 is 5.97 Å². The first-order chi connectivity index (χ1) is 17.7. The molecule has 1 atom stereocenters. The van der Waals surface area contributed by atoms with Crippen LogP contribution in [-0.2, 0) is 9.53 Å². The van der Waals surface area contributed by atoms with Crippen LogP contribution in [0, 0.1) is 17.0 Å². The van der Waals surface area contributed by atoms with Gasteiger partial charge in [-0.2, -0.15) is 0 Å². The summed E-state index contributed by atoms with van der Waals surface area (Å²) < 4.78 is 18.6. The molecule has 2 aliphatic rings. The third-order valence-corrected chi connectivity index (χ3v) is 7.71. The van der Waals surface area contributed by atoms with Gasteiger partial charge in [0.2, 0.25) is 6.79 Å². The zero-order valence-corrected chi connectivity index (χ0v) is 22.3. The minimum absolute atomic E-state index is 0.109. The molecule has 3 aromatic rings. The Morgan fingerprint density at radius 2 is 2.03 bits per heavy atom. The summed E-state index contributed by atoms with van der Waals surface area (Å²) in [5.74, 6) is 0.526. The van der Waals surface area contributed by atoms with Crippen molar-refractivity contribution >= 4 is 45.0 Å². The maximum atomic E-state index is 13.8. The molecule has 0 aliphatic carbocycles. The molecular weight excluding hydrogens is 566 g/mol. The molecular formula is C25H20BrN3O7S. The molecule has 0 N–H and O–H groups in total. The molecule has 0 spiro atoms. The van der Waals surface area contributed by atoms with E-state index in [1.807, 2.05) is 0 Å². The predicted molar refractivity (Wildman–Crippen MR) is 138 cm³/mol. The lowest BCUT2D eigenvalue weighted by molar-refractivity contribution is -0.385. The zero-order valence-electron chi connectivity index (χ0n) is 19.9. The smallest absolute Gasteiger partial charge is 0.338 e. The minimum atomic E-state index is -0.947. The second kappa shape index (κ2) is 9.60. The molecule has 0 fully saturated rings. The van der Waals surface area contributed by atoms with Gasteiger partial charge in [-0.25, -0.2) is 9.79 Å². The van der Waals surface area contributed by atoms with E-state index < -0.39 is 22.5 Å². The molecule has 3 heterocycles. The fourth-order valence-corrected chi connectivity index (χ4v) is 5.76. The molecule has 0 unspecified atom stereocenters. The van der Waals surface area contributed by atoms with E-state index >= 15 is 0 Å². The average Bonchev–Trinajstić information content (AvgIpc) is 3.42. The summed E-state index contributed by atoms with van der Waals surface area (Å²) in [4.78, 5) is 42.9. The van der Waals surface area contributed by atoms with Gasteiger partial charge in [-0.3, -0.25) is 19.5 Å². The monoisotopic (exact) mass is 585 g/mol. The lowest BCUT2D eigenvalue weighted by atomic mass is 9.94. The van der Waals surface area contributed by atoms with Crippen LogP contribution in [0.3, 0.4) is 0 Å². The van der Waals surface area contributed by atoms with E-state index in [0.29, 0.717) is 47.7 Å². The van der Waals surface area contributed by atoms with Gasteiger partial charge in [0.1, 0.15) is 0 Å². The Balaban J connectivity index is 1.74. The van der Waals surface area contributed by atoms with E-state index in [2.05, 4.69) is 20.9 Å². The van der Waals surface area contributed by atoms with Crippen LogP contribution in [0.5, 0.6) is 11.5 Å². The van der Waals surface area contributed by atoms with E-state index in [-0.39, 0.29) is 24.7 Å². The summed E-state index contributed by atoms with van der Waals surface area (Å²) in [5.41, 5.74) is 1.60. The van der Waals surface area contributed by atoms with Gasteiger partial charge in [0.15, 0.2) is 16.3 Å². The SMILES string of the molecule is CCOC(=O)C1=C(C)N=c2s/c(=C/c3cc4c(cc3Br)OCO4)c(=O)n2[C@H]1c1ccc(C)c([N+](=O)[O-])c1. The molecule has 12 heteroatoms. The number of thiazole rings is 1. The number of hydrogen-bond acceptors (Lipinski definition) is 9. The Bertz CT molecular complexity index is 1690. The lowest BCUT2D eigenvalue weighted by Gasteiger charge is -2.24. The van der Waals surface area contributed by atoms with Gasteiger partial charge in [-0.1, -0.05) is 39.4 Å². The number of nitro groups is 1. The summed E-state index contributed by atoms with van der Waals surface area (Å²) in [7, 11) is 0. The summed E-state index contributed by atoms with van der Waals surface area (Å²) in [6.45, 7) is 5.21. The molecule has 0 saturated heterocycles. The van der Waals surface area contributed by atoms with Crippen LogP contribution in [-0.4, -0.2) is 28.9 Å². The number of nitrogens with zero attached hydrogens (tertiary/aromatic N) is 3. The Morgan fingerprint density at radius 3 is 2.73 bits per heavy atom. The number of aromatic nitrogens is 1. The molecule has 0 bridgehead atoms. The van der Waals surface area contributed by atoms with E-state index in [1.54, 1.807) is 51.1 Å². The van der Waals surface area contributed by atoms with Gasteiger partial charge in [0, 0.05) is 16.1 Å². The molecule has 2 aromatic carbocycles. The summed E-state index contributed by atoms with van der Waals surface area (Å²) in [5, 5.41) is 11.7. The molecule has 2 aliphatic heterocycles. The van der Waals surface area contributed by atoms with E-state index in [9.17, 15) is 19.7 Å². The second-order valence-corrected chi connectivity index (χ2v) is 10.2. The summed E-state index contributed by atoms with van der Waals surface area (Å²) in [6, 6.07) is 7.26. The third-order valence-electron chi connectivity index (χ3n) is 6.04. The predicted octanol–water partition coefficient (Wildman–Crippen LogP) is 3.51. The summed E-state index contributed by atoms with van der Waals surface area (Å²) >= 11 is 4.67. The fourth-order valence-electron chi connectivity index (χ4n) is 4.28. The van der Waals surface area contributed by atoms with Crippen LogP contribution < -0.4 is 24.4 Å². The second-order valence-electron chi connectivity index (χ2n) is 8.33. The highest BCUT2D eigenvalue weighted by atomic mass is 79.9. The average molecular weight is 586 g/mol.